The second kappa shape index (κ2) is 9.17. The van der Waals surface area contributed by atoms with Crippen LogP contribution in [-0.4, -0.2) is 59.7 Å². The Labute approximate surface area is 165 Å². The first kappa shape index (κ1) is 20.3. The molecule has 0 saturated carbocycles. The lowest BCUT2D eigenvalue weighted by Gasteiger charge is -2.38. The summed E-state index contributed by atoms with van der Waals surface area (Å²) in [6, 6.07) is 4.70. The van der Waals surface area contributed by atoms with E-state index < -0.39 is 11.9 Å². The molecule has 1 aromatic carbocycles. The van der Waals surface area contributed by atoms with Gasteiger partial charge in [0.1, 0.15) is 11.9 Å². The van der Waals surface area contributed by atoms with Gasteiger partial charge in [0.05, 0.1) is 0 Å². The molecule has 0 unspecified atom stereocenters. The van der Waals surface area contributed by atoms with Crippen molar-refractivity contribution in [1.29, 1.82) is 0 Å². The van der Waals surface area contributed by atoms with Gasteiger partial charge in [0.2, 0.25) is 11.8 Å². The smallest absolute Gasteiger partial charge is 0.251 e. The maximum absolute atomic E-state index is 13.2. The molecule has 2 saturated heterocycles. The van der Waals surface area contributed by atoms with Crippen molar-refractivity contribution >= 4 is 17.7 Å². The molecule has 1 N–H and O–H groups in total. The van der Waals surface area contributed by atoms with Crippen molar-refractivity contribution in [3.8, 4) is 0 Å². The Morgan fingerprint density at radius 2 is 1.57 bits per heavy atom. The number of carbonyl (C=O) groups is 3. The summed E-state index contributed by atoms with van der Waals surface area (Å²) in [5.41, 5.74) is 0.332. The van der Waals surface area contributed by atoms with Crippen molar-refractivity contribution in [2.75, 3.05) is 26.2 Å². The number of likely N-dealkylation sites (tertiary alicyclic amines) is 2. The summed E-state index contributed by atoms with van der Waals surface area (Å²) >= 11 is 0. The van der Waals surface area contributed by atoms with Crippen molar-refractivity contribution < 1.29 is 18.8 Å². The second-order valence-corrected chi connectivity index (χ2v) is 7.69. The van der Waals surface area contributed by atoms with E-state index in [0.717, 1.165) is 19.3 Å². The average molecular weight is 389 g/mol. The minimum absolute atomic E-state index is 0.0191. The number of halogens is 1. The van der Waals surface area contributed by atoms with Crippen LogP contribution in [0.15, 0.2) is 24.3 Å². The number of hydrogen-bond acceptors (Lipinski definition) is 3. The third-order valence-corrected chi connectivity index (χ3v) is 5.78. The van der Waals surface area contributed by atoms with Crippen LogP contribution in [0.1, 0.15) is 49.4 Å². The molecule has 2 aliphatic heterocycles. The van der Waals surface area contributed by atoms with Gasteiger partial charge in [-0.2, -0.15) is 0 Å². The van der Waals surface area contributed by atoms with E-state index in [2.05, 4.69) is 5.32 Å². The molecule has 2 heterocycles. The van der Waals surface area contributed by atoms with Gasteiger partial charge in [0.15, 0.2) is 0 Å². The summed E-state index contributed by atoms with van der Waals surface area (Å²) < 4.78 is 13.2. The van der Waals surface area contributed by atoms with Gasteiger partial charge >= 0.3 is 0 Å². The van der Waals surface area contributed by atoms with Crippen molar-refractivity contribution in [3.63, 3.8) is 0 Å². The van der Waals surface area contributed by atoms with Crippen LogP contribution < -0.4 is 5.32 Å². The zero-order valence-corrected chi connectivity index (χ0v) is 16.3. The second-order valence-electron chi connectivity index (χ2n) is 7.69. The monoisotopic (exact) mass is 389 g/mol. The predicted molar refractivity (Wildman–Crippen MR) is 103 cm³/mol. The van der Waals surface area contributed by atoms with Gasteiger partial charge in [-0.25, -0.2) is 4.39 Å². The summed E-state index contributed by atoms with van der Waals surface area (Å²) in [6.45, 7) is 4.17. The van der Waals surface area contributed by atoms with E-state index in [0.29, 0.717) is 44.6 Å². The van der Waals surface area contributed by atoms with Crippen LogP contribution in [0.25, 0.3) is 0 Å². The molecule has 0 radical (unpaired) electrons. The molecule has 152 valence electrons. The Morgan fingerprint density at radius 3 is 2.14 bits per heavy atom. The van der Waals surface area contributed by atoms with Crippen LogP contribution in [0.2, 0.25) is 0 Å². The summed E-state index contributed by atoms with van der Waals surface area (Å²) in [6.07, 6.45) is 4.43. The van der Waals surface area contributed by atoms with Crippen molar-refractivity contribution in [1.82, 2.24) is 15.1 Å². The molecule has 2 aliphatic rings. The molecule has 3 rings (SSSR count). The molecule has 0 aliphatic carbocycles. The molecule has 1 atom stereocenters. The molecular weight excluding hydrogens is 361 g/mol. The first-order valence-electron chi connectivity index (χ1n) is 10.1. The van der Waals surface area contributed by atoms with Gasteiger partial charge in [-0.15, -0.1) is 0 Å². The summed E-state index contributed by atoms with van der Waals surface area (Å²) in [4.78, 5) is 41.1. The van der Waals surface area contributed by atoms with Crippen LogP contribution >= 0.6 is 0 Å². The summed E-state index contributed by atoms with van der Waals surface area (Å²) in [5, 5.41) is 2.91. The normalized spacial score (nSPS) is 19.2. The Balaban J connectivity index is 1.74. The number of piperidine rings is 2. The molecule has 2 fully saturated rings. The van der Waals surface area contributed by atoms with Gasteiger partial charge in [0.25, 0.3) is 5.91 Å². The van der Waals surface area contributed by atoms with E-state index in [9.17, 15) is 18.8 Å². The van der Waals surface area contributed by atoms with E-state index in [1.807, 2.05) is 4.90 Å². The van der Waals surface area contributed by atoms with Crippen LogP contribution in [-0.2, 0) is 9.59 Å². The fraction of sp³-hybridized carbons (Fsp3) is 0.571. The topological polar surface area (TPSA) is 69.7 Å². The Kier molecular flexibility index (Phi) is 6.65. The molecule has 0 spiro atoms. The number of benzene rings is 1. The number of nitrogens with one attached hydrogen (secondary N) is 1. The Bertz CT molecular complexity index is 708. The van der Waals surface area contributed by atoms with E-state index in [-0.39, 0.29) is 23.6 Å². The number of nitrogens with zero attached hydrogens (tertiary/aromatic N) is 2. The van der Waals surface area contributed by atoms with E-state index in [1.54, 1.807) is 11.8 Å². The maximum Gasteiger partial charge on any atom is 0.251 e. The highest BCUT2D eigenvalue weighted by Gasteiger charge is 2.36. The number of amides is 3. The highest BCUT2D eigenvalue weighted by molar-refractivity contribution is 5.97. The molecule has 0 bridgehead atoms. The largest absolute Gasteiger partial charge is 0.343 e. The van der Waals surface area contributed by atoms with E-state index >= 15 is 0 Å². The molecule has 28 heavy (non-hydrogen) atoms. The highest BCUT2D eigenvalue weighted by Crippen LogP contribution is 2.24. The zero-order valence-electron chi connectivity index (χ0n) is 16.3. The fourth-order valence-electron chi connectivity index (χ4n) is 4.07. The molecule has 3 amide bonds. The first-order valence-corrected chi connectivity index (χ1v) is 10.1. The minimum atomic E-state index is -0.621. The van der Waals surface area contributed by atoms with Crippen LogP contribution in [0.4, 0.5) is 4.39 Å². The van der Waals surface area contributed by atoms with Crippen molar-refractivity contribution in [2.24, 2.45) is 5.92 Å². The fourth-order valence-corrected chi connectivity index (χ4v) is 4.07. The van der Waals surface area contributed by atoms with Gasteiger partial charge in [-0.1, -0.05) is 0 Å². The minimum Gasteiger partial charge on any atom is -0.343 e. The van der Waals surface area contributed by atoms with E-state index in [1.165, 1.54) is 24.3 Å². The molecule has 0 aromatic heterocycles. The number of carbonyl (C=O) groups excluding carboxylic acids is 3. The third-order valence-electron chi connectivity index (χ3n) is 5.78. The van der Waals surface area contributed by atoms with Crippen molar-refractivity contribution in [3.05, 3.63) is 35.6 Å². The van der Waals surface area contributed by atoms with Gasteiger partial charge < -0.3 is 15.1 Å². The standard InChI is InChI=1S/C21H28FN3O3/c1-15(26)24-13-9-16(10-14-24)19(21(28)25-11-3-2-4-12-25)23-20(27)17-5-7-18(22)8-6-17/h5-8,16,19H,2-4,9-14H2,1H3,(H,23,27)/t19-/m1/s1. The lowest BCUT2D eigenvalue weighted by molar-refractivity contribution is -0.136. The lowest BCUT2D eigenvalue weighted by atomic mass is 9.87. The SMILES string of the molecule is CC(=O)N1CCC([C@@H](NC(=O)c2ccc(F)cc2)C(=O)N2CCCCC2)CC1. The zero-order chi connectivity index (χ0) is 20.1. The average Bonchev–Trinajstić information content (AvgIpc) is 2.72. The van der Waals surface area contributed by atoms with Gasteiger partial charge in [-0.05, 0) is 62.3 Å². The molecular formula is C21H28FN3O3. The molecule has 6 nitrogen and oxygen atoms in total. The first-order chi connectivity index (χ1) is 13.5. The quantitative estimate of drug-likeness (QED) is 0.858. The predicted octanol–water partition coefficient (Wildman–Crippen LogP) is 2.20. The Hall–Kier alpha value is -2.44. The van der Waals surface area contributed by atoms with Crippen LogP contribution in [0.3, 0.4) is 0 Å². The van der Waals surface area contributed by atoms with E-state index in [4.69, 9.17) is 0 Å². The number of rotatable bonds is 4. The number of hydrogen-bond donors (Lipinski definition) is 1. The Morgan fingerprint density at radius 1 is 0.964 bits per heavy atom. The summed E-state index contributed by atoms with van der Waals surface area (Å²) in [5.74, 6) is -0.808. The lowest BCUT2D eigenvalue weighted by Crippen LogP contribution is -2.55. The van der Waals surface area contributed by atoms with Crippen LogP contribution in [0, 0.1) is 11.7 Å². The van der Waals surface area contributed by atoms with Crippen LogP contribution in [0.5, 0.6) is 0 Å². The maximum atomic E-state index is 13.2. The third kappa shape index (κ3) is 4.88. The molecule has 7 heteroatoms. The highest BCUT2D eigenvalue weighted by atomic mass is 19.1. The summed E-state index contributed by atoms with van der Waals surface area (Å²) in [7, 11) is 0. The van der Waals surface area contributed by atoms with Gasteiger partial charge in [0, 0.05) is 38.7 Å². The molecule has 1 aromatic rings. The van der Waals surface area contributed by atoms with Crippen molar-refractivity contribution in [2.45, 2.75) is 45.1 Å². The van der Waals surface area contributed by atoms with Gasteiger partial charge in [-0.3, -0.25) is 14.4 Å².